The number of halogens is 3. The second kappa shape index (κ2) is 6.66. The molecule has 0 aliphatic heterocycles. The van der Waals surface area contributed by atoms with Gasteiger partial charge in [0.15, 0.2) is 0 Å². The fraction of sp³-hybridized carbons (Fsp3) is 0.111. The summed E-state index contributed by atoms with van der Waals surface area (Å²) in [5, 5.41) is 0.719. The van der Waals surface area contributed by atoms with E-state index in [0.717, 1.165) is 11.8 Å². The smallest absolute Gasteiger partial charge is 0.269 e. The van der Waals surface area contributed by atoms with Gasteiger partial charge in [0.1, 0.15) is 10.7 Å². The zero-order chi connectivity index (χ0) is 19.0. The number of rotatable bonds is 3. The summed E-state index contributed by atoms with van der Waals surface area (Å²) in [7, 11) is 0. The highest BCUT2D eigenvalue weighted by molar-refractivity contribution is 7.98. The topological polar surface area (TPSA) is 60.2 Å². The Labute approximate surface area is 154 Å². The molecule has 0 saturated heterocycles. The Morgan fingerprint density at radius 2 is 1.78 bits per heavy atom. The van der Waals surface area contributed by atoms with Gasteiger partial charge in [-0.15, -0.1) is 0 Å². The second-order valence-electron chi connectivity index (χ2n) is 5.67. The lowest BCUT2D eigenvalue weighted by molar-refractivity contribution is -0.145. The minimum atomic E-state index is -4.64. The predicted molar refractivity (Wildman–Crippen MR) is 95.6 cm³/mol. The van der Waals surface area contributed by atoms with E-state index < -0.39 is 12.0 Å². The normalized spacial score (nSPS) is 12.0. The number of hydrogen-bond acceptors (Lipinski definition) is 5. The van der Waals surface area contributed by atoms with Crippen molar-refractivity contribution in [2.75, 3.05) is 0 Å². The summed E-state index contributed by atoms with van der Waals surface area (Å²) in [6, 6.07) is 13.0. The molecular weight excluding hydrogens is 377 g/mol. The van der Waals surface area contributed by atoms with Crippen molar-refractivity contribution in [2.45, 2.75) is 17.0 Å². The number of para-hydroxylation sites is 1. The monoisotopic (exact) mass is 388 g/mol. The van der Waals surface area contributed by atoms with Gasteiger partial charge in [0, 0.05) is 23.4 Å². The van der Waals surface area contributed by atoms with Crippen molar-refractivity contribution in [3.8, 4) is 0 Å². The highest BCUT2D eigenvalue weighted by atomic mass is 32.2. The van der Waals surface area contributed by atoms with Crippen LogP contribution in [0.2, 0.25) is 0 Å². The van der Waals surface area contributed by atoms with Crippen LogP contribution in [-0.2, 0) is 11.9 Å². The lowest BCUT2D eigenvalue weighted by Crippen LogP contribution is -2.15. The number of fused-ring (bicyclic) bond motifs is 2. The van der Waals surface area contributed by atoms with Crippen LogP contribution in [0.5, 0.6) is 0 Å². The highest BCUT2D eigenvalue weighted by Gasteiger charge is 2.35. The van der Waals surface area contributed by atoms with Gasteiger partial charge in [-0.2, -0.15) is 13.2 Å². The van der Waals surface area contributed by atoms with E-state index in [9.17, 15) is 18.0 Å². The van der Waals surface area contributed by atoms with Crippen molar-refractivity contribution >= 4 is 28.3 Å². The number of benzene rings is 1. The molecular formula is C18H11F3N4OS. The van der Waals surface area contributed by atoms with Gasteiger partial charge in [-0.3, -0.25) is 9.20 Å². The maximum absolute atomic E-state index is 13.1. The van der Waals surface area contributed by atoms with E-state index in [0.29, 0.717) is 16.7 Å². The first-order valence-electron chi connectivity index (χ1n) is 7.86. The fourth-order valence-electron chi connectivity index (χ4n) is 2.60. The molecule has 3 heterocycles. The van der Waals surface area contributed by atoms with E-state index in [1.54, 1.807) is 42.6 Å². The zero-order valence-electron chi connectivity index (χ0n) is 13.6. The van der Waals surface area contributed by atoms with Gasteiger partial charge in [-0.05, 0) is 18.2 Å². The Hall–Kier alpha value is -2.94. The summed E-state index contributed by atoms with van der Waals surface area (Å²) in [5.41, 5.74) is 0.908. The molecule has 1 aromatic carbocycles. The first-order chi connectivity index (χ1) is 12.9. The molecule has 3 aromatic heterocycles. The Morgan fingerprint density at radius 3 is 2.59 bits per heavy atom. The summed E-state index contributed by atoms with van der Waals surface area (Å²) in [6.45, 7) is 0. The minimum absolute atomic E-state index is 0.197. The third-order valence-electron chi connectivity index (χ3n) is 3.80. The molecule has 136 valence electrons. The van der Waals surface area contributed by atoms with Crippen LogP contribution in [0.3, 0.4) is 0 Å². The van der Waals surface area contributed by atoms with Crippen molar-refractivity contribution in [3.63, 3.8) is 0 Å². The van der Waals surface area contributed by atoms with Crippen LogP contribution in [0, 0.1) is 0 Å². The molecule has 0 N–H and O–H groups in total. The lowest BCUT2D eigenvalue weighted by atomic mass is 10.2. The van der Waals surface area contributed by atoms with E-state index in [1.807, 2.05) is 0 Å². The molecule has 0 saturated carbocycles. The number of hydrogen-bond donors (Lipinski definition) is 0. The van der Waals surface area contributed by atoms with Gasteiger partial charge < -0.3 is 0 Å². The molecule has 0 aliphatic rings. The van der Waals surface area contributed by atoms with Crippen LogP contribution in [0.1, 0.15) is 11.5 Å². The Kier molecular flexibility index (Phi) is 4.31. The summed E-state index contributed by atoms with van der Waals surface area (Å²) in [4.78, 5) is 23.8. The molecule has 0 atom stereocenters. The number of alkyl halides is 3. The summed E-state index contributed by atoms with van der Waals surface area (Å²) in [6.07, 6.45) is -3.03. The molecule has 0 aliphatic carbocycles. The van der Waals surface area contributed by atoms with Gasteiger partial charge in [0.05, 0.1) is 11.2 Å². The van der Waals surface area contributed by atoms with Crippen molar-refractivity contribution < 1.29 is 13.2 Å². The predicted octanol–water partition coefficient (Wildman–Crippen LogP) is 3.95. The van der Waals surface area contributed by atoms with E-state index in [1.165, 1.54) is 16.5 Å². The van der Waals surface area contributed by atoms with Crippen LogP contribution >= 0.6 is 11.8 Å². The maximum Gasteiger partial charge on any atom is 0.451 e. The molecule has 0 amide bonds. The summed E-state index contributed by atoms with van der Waals surface area (Å²) in [5.74, 6) is -0.978. The number of aromatic nitrogens is 4. The quantitative estimate of drug-likeness (QED) is 0.393. The van der Waals surface area contributed by atoms with Crippen molar-refractivity contribution in [3.05, 3.63) is 76.6 Å². The molecule has 0 unspecified atom stereocenters. The summed E-state index contributed by atoms with van der Waals surface area (Å²) >= 11 is 1.09. The van der Waals surface area contributed by atoms with Crippen molar-refractivity contribution in [1.82, 2.24) is 19.4 Å². The molecule has 0 spiro atoms. The number of nitrogens with zero attached hydrogens (tertiary/aromatic N) is 4. The third kappa shape index (κ3) is 3.50. The van der Waals surface area contributed by atoms with Gasteiger partial charge in [-0.25, -0.2) is 15.0 Å². The van der Waals surface area contributed by atoms with Crippen molar-refractivity contribution in [2.24, 2.45) is 0 Å². The largest absolute Gasteiger partial charge is 0.451 e. The van der Waals surface area contributed by atoms with E-state index >= 15 is 0 Å². The zero-order valence-corrected chi connectivity index (χ0v) is 14.5. The van der Waals surface area contributed by atoms with Crippen molar-refractivity contribution in [1.29, 1.82) is 0 Å². The third-order valence-corrected chi connectivity index (χ3v) is 4.83. The van der Waals surface area contributed by atoms with Gasteiger partial charge in [0.2, 0.25) is 5.82 Å². The maximum atomic E-state index is 13.1. The van der Waals surface area contributed by atoms with Crippen LogP contribution in [0.4, 0.5) is 13.2 Å². The van der Waals surface area contributed by atoms with Gasteiger partial charge >= 0.3 is 6.18 Å². The van der Waals surface area contributed by atoms with Gasteiger partial charge in [-0.1, -0.05) is 36.0 Å². The molecule has 0 fully saturated rings. The van der Waals surface area contributed by atoms with E-state index in [2.05, 4.69) is 15.0 Å². The van der Waals surface area contributed by atoms with Gasteiger partial charge in [0.25, 0.3) is 5.56 Å². The Balaban J connectivity index is 1.72. The van der Waals surface area contributed by atoms with Crippen LogP contribution in [0.15, 0.2) is 64.5 Å². The average Bonchev–Trinajstić information content (AvgIpc) is 2.65. The second-order valence-corrected chi connectivity index (χ2v) is 6.63. The molecule has 0 bridgehead atoms. The number of thioether (sulfide) groups is 1. The highest BCUT2D eigenvalue weighted by Crippen LogP contribution is 2.32. The molecule has 9 heteroatoms. The lowest BCUT2D eigenvalue weighted by Gasteiger charge is -2.10. The van der Waals surface area contributed by atoms with Crippen LogP contribution in [-0.4, -0.2) is 19.4 Å². The minimum Gasteiger partial charge on any atom is -0.269 e. The SMILES string of the molecule is O=c1cc(CSc2nc(C(F)(F)F)nc3ccccc23)nc2ccccn12. The first-order valence-corrected chi connectivity index (χ1v) is 8.84. The van der Waals surface area contributed by atoms with E-state index in [-0.39, 0.29) is 21.9 Å². The Bertz CT molecular complexity index is 1210. The van der Waals surface area contributed by atoms with Crippen LogP contribution in [0.25, 0.3) is 16.6 Å². The molecule has 0 radical (unpaired) electrons. The molecule has 4 rings (SSSR count). The van der Waals surface area contributed by atoms with Crippen LogP contribution < -0.4 is 5.56 Å². The first kappa shape index (κ1) is 17.5. The van der Waals surface area contributed by atoms with E-state index in [4.69, 9.17) is 0 Å². The Morgan fingerprint density at radius 1 is 1.00 bits per heavy atom. The number of pyridine rings is 1. The summed E-state index contributed by atoms with van der Waals surface area (Å²) < 4.78 is 40.7. The molecule has 4 aromatic rings. The molecule has 27 heavy (non-hydrogen) atoms. The standard InChI is InChI=1S/C18H11F3N4OS/c19-18(20,21)17-23-13-6-2-1-5-12(13)16(24-17)27-10-11-9-15(26)25-8-4-3-7-14(25)22-11/h1-9H,10H2. The molecule has 5 nitrogen and oxygen atoms in total. The fourth-order valence-corrected chi connectivity index (χ4v) is 3.52. The average molecular weight is 388 g/mol.